The maximum absolute atomic E-state index is 9.27. The number of rotatable bonds is 5. The van der Waals surface area contributed by atoms with Gasteiger partial charge in [0.1, 0.15) is 11.4 Å². The first-order valence-electron chi connectivity index (χ1n) is 8.81. The number of hydrogen-bond donors (Lipinski definition) is 0. The van der Waals surface area contributed by atoms with Gasteiger partial charge in [-0.1, -0.05) is 90.6 Å². The van der Waals surface area contributed by atoms with Crippen LogP contribution in [0.3, 0.4) is 0 Å². The fourth-order valence-electron chi connectivity index (χ4n) is 2.86. The normalized spacial score (nSPS) is 10.4. The molecule has 4 rings (SSSR count). The van der Waals surface area contributed by atoms with Gasteiger partial charge in [-0.05, 0) is 11.6 Å². The van der Waals surface area contributed by atoms with Crippen molar-refractivity contribution in [2.45, 2.75) is 10.9 Å². The Balaban J connectivity index is 1.70. The van der Waals surface area contributed by atoms with E-state index in [4.69, 9.17) is 4.98 Å². The van der Waals surface area contributed by atoms with Crippen LogP contribution in [-0.4, -0.2) is 15.2 Å². The molecule has 5 heteroatoms. The van der Waals surface area contributed by atoms with Gasteiger partial charge in [-0.25, -0.2) is 4.98 Å². The molecule has 28 heavy (non-hydrogen) atoms. The topological polar surface area (TPSA) is 62.5 Å². The summed E-state index contributed by atoms with van der Waals surface area (Å²) in [4.78, 5) is 4.80. The molecule has 0 amide bonds. The van der Waals surface area contributed by atoms with Gasteiger partial charge in [0.05, 0.1) is 11.6 Å². The van der Waals surface area contributed by atoms with Crippen LogP contribution in [0.1, 0.15) is 11.1 Å². The van der Waals surface area contributed by atoms with Crippen molar-refractivity contribution in [3.63, 3.8) is 0 Å². The second kappa shape index (κ2) is 8.47. The number of hydrogen-bond acceptors (Lipinski definition) is 5. The van der Waals surface area contributed by atoms with Gasteiger partial charge in [-0.15, -0.1) is 10.2 Å². The summed E-state index contributed by atoms with van der Waals surface area (Å²) in [6.45, 7) is 0. The van der Waals surface area contributed by atoms with Gasteiger partial charge in [-0.3, -0.25) is 0 Å². The molecule has 0 bridgehead atoms. The van der Waals surface area contributed by atoms with Gasteiger partial charge >= 0.3 is 0 Å². The van der Waals surface area contributed by atoms with Crippen molar-refractivity contribution in [2.24, 2.45) is 0 Å². The molecule has 0 aliphatic heterocycles. The third-order valence-electron chi connectivity index (χ3n) is 4.26. The average Bonchev–Trinajstić information content (AvgIpc) is 2.79. The summed E-state index contributed by atoms with van der Waals surface area (Å²) in [6, 6.07) is 29.8. The molecule has 134 valence electrons. The van der Waals surface area contributed by atoms with Crippen LogP contribution in [0.25, 0.3) is 22.5 Å². The molecule has 1 heterocycles. The Labute approximate surface area is 167 Å². The van der Waals surface area contributed by atoms with E-state index >= 15 is 0 Å². The molecule has 0 aliphatic carbocycles. The van der Waals surface area contributed by atoms with Crippen molar-refractivity contribution in [1.82, 2.24) is 15.2 Å². The van der Waals surface area contributed by atoms with Crippen molar-refractivity contribution < 1.29 is 0 Å². The SMILES string of the molecule is N#Cc1ccccc1CSc1nnc(-c2ccccc2)c(-c2ccccc2)n1. The fourth-order valence-corrected chi connectivity index (χ4v) is 3.65. The summed E-state index contributed by atoms with van der Waals surface area (Å²) < 4.78 is 0. The van der Waals surface area contributed by atoms with Gasteiger partial charge < -0.3 is 0 Å². The van der Waals surface area contributed by atoms with Crippen LogP contribution in [0.2, 0.25) is 0 Å². The van der Waals surface area contributed by atoms with E-state index < -0.39 is 0 Å². The lowest BCUT2D eigenvalue weighted by Crippen LogP contribution is -1.99. The first-order valence-corrected chi connectivity index (χ1v) is 9.80. The summed E-state index contributed by atoms with van der Waals surface area (Å²) >= 11 is 1.48. The monoisotopic (exact) mass is 380 g/mol. The molecule has 0 radical (unpaired) electrons. The maximum Gasteiger partial charge on any atom is 0.210 e. The molecule has 3 aromatic carbocycles. The molecular weight excluding hydrogens is 364 g/mol. The third kappa shape index (κ3) is 3.93. The van der Waals surface area contributed by atoms with Crippen LogP contribution >= 0.6 is 11.8 Å². The summed E-state index contributed by atoms with van der Waals surface area (Å²) in [6.07, 6.45) is 0. The smallest absolute Gasteiger partial charge is 0.210 e. The molecule has 4 aromatic rings. The van der Waals surface area contributed by atoms with E-state index in [0.717, 1.165) is 28.1 Å². The average molecular weight is 380 g/mol. The predicted molar refractivity (Wildman–Crippen MR) is 111 cm³/mol. The first kappa shape index (κ1) is 17.9. The van der Waals surface area contributed by atoms with E-state index in [9.17, 15) is 5.26 Å². The molecule has 0 atom stereocenters. The Bertz CT molecular complexity index is 1120. The van der Waals surface area contributed by atoms with E-state index in [1.807, 2.05) is 84.9 Å². The Kier molecular flexibility index (Phi) is 5.41. The van der Waals surface area contributed by atoms with Crippen molar-refractivity contribution in [3.8, 4) is 28.6 Å². The molecule has 0 spiro atoms. The Hall–Kier alpha value is -3.49. The number of thioether (sulfide) groups is 1. The third-order valence-corrected chi connectivity index (χ3v) is 5.14. The highest BCUT2D eigenvalue weighted by Gasteiger charge is 2.14. The Morgan fingerprint density at radius 1 is 0.714 bits per heavy atom. The predicted octanol–water partition coefficient (Wildman–Crippen LogP) is 5.37. The van der Waals surface area contributed by atoms with Crippen LogP contribution in [0.5, 0.6) is 0 Å². The van der Waals surface area contributed by atoms with Crippen LogP contribution in [0.15, 0.2) is 90.1 Å². The molecule has 0 aliphatic rings. The Morgan fingerprint density at radius 3 is 2.00 bits per heavy atom. The number of benzene rings is 3. The van der Waals surface area contributed by atoms with Crippen LogP contribution < -0.4 is 0 Å². The second-order valence-corrected chi connectivity index (χ2v) is 7.02. The minimum absolute atomic E-state index is 0.589. The highest BCUT2D eigenvalue weighted by atomic mass is 32.2. The molecule has 0 saturated heterocycles. The zero-order chi connectivity index (χ0) is 19.2. The van der Waals surface area contributed by atoms with Gasteiger partial charge in [-0.2, -0.15) is 5.26 Å². The van der Waals surface area contributed by atoms with Crippen molar-refractivity contribution >= 4 is 11.8 Å². The summed E-state index contributed by atoms with van der Waals surface area (Å²) in [5.74, 6) is 0.615. The summed E-state index contributed by atoms with van der Waals surface area (Å²) in [7, 11) is 0. The number of nitriles is 1. The molecule has 0 saturated carbocycles. The maximum atomic E-state index is 9.27. The first-order chi connectivity index (χ1) is 13.8. The summed E-state index contributed by atoms with van der Waals surface area (Å²) in [5.41, 5.74) is 5.17. The Morgan fingerprint density at radius 2 is 1.32 bits per heavy atom. The van der Waals surface area contributed by atoms with E-state index in [1.54, 1.807) is 0 Å². The van der Waals surface area contributed by atoms with E-state index in [0.29, 0.717) is 16.5 Å². The molecule has 0 unspecified atom stereocenters. The molecule has 1 aromatic heterocycles. The number of nitrogens with zero attached hydrogens (tertiary/aromatic N) is 4. The minimum atomic E-state index is 0.589. The lowest BCUT2D eigenvalue weighted by atomic mass is 10.0. The van der Waals surface area contributed by atoms with Crippen molar-refractivity contribution in [1.29, 1.82) is 5.26 Å². The van der Waals surface area contributed by atoms with Crippen LogP contribution in [-0.2, 0) is 5.75 Å². The van der Waals surface area contributed by atoms with Gasteiger partial charge in [0.25, 0.3) is 0 Å². The lowest BCUT2D eigenvalue weighted by Gasteiger charge is -2.09. The lowest BCUT2D eigenvalue weighted by molar-refractivity contribution is 0.850. The zero-order valence-corrected chi connectivity index (χ0v) is 15.8. The van der Waals surface area contributed by atoms with E-state index in [2.05, 4.69) is 16.3 Å². The molecule has 4 nitrogen and oxygen atoms in total. The van der Waals surface area contributed by atoms with Crippen LogP contribution in [0.4, 0.5) is 0 Å². The van der Waals surface area contributed by atoms with Gasteiger partial charge in [0.15, 0.2) is 0 Å². The zero-order valence-electron chi connectivity index (χ0n) is 15.0. The van der Waals surface area contributed by atoms with Gasteiger partial charge in [0, 0.05) is 16.9 Å². The number of aromatic nitrogens is 3. The molecular formula is C23H16N4S. The highest BCUT2D eigenvalue weighted by molar-refractivity contribution is 7.98. The standard InChI is InChI=1S/C23H16N4S/c24-15-19-13-7-8-14-20(19)16-28-23-25-21(17-9-3-1-4-10-17)22(26-27-23)18-11-5-2-6-12-18/h1-14H,16H2. The van der Waals surface area contributed by atoms with E-state index in [1.165, 1.54) is 11.8 Å². The van der Waals surface area contributed by atoms with Gasteiger partial charge in [0.2, 0.25) is 5.16 Å². The molecule has 0 N–H and O–H groups in total. The minimum Gasteiger partial charge on any atom is -0.219 e. The summed E-state index contributed by atoms with van der Waals surface area (Å²) in [5, 5.41) is 18.7. The van der Waals surface area contributed by atoms with E-state index in [-0.39, 0.29) is 0 Å². The largest absolute Gasteiger partial charge is 0.219 e. The second-order valence-electron chi connectivity index (χ2n) is 6.08. The van der Waals surface area contributed by atoms with Crippen LogP contribution in [0, 0.1) is 11.3 Å². The highest BCUT2D eigenvalue weighted by Crippen LogP contribution is 2.30. The van der Waals surface area contributed by atoms with Crippen molar-refractivity contribution in [3.05, 3.63) is 96.1 Å². The quantitative estimate of drug-likeness (QED) is 0.436. The molecule has 0 fully saturated rings. The fraction of sp³-hybridized carbons (Fsp3) is 0.0435. The van der Waals surface area contributed by atoms with Crippen molar-refractivity contribution in [2.75, 3.05) is 0 Å².